The minimum atomic E-state index is -0.0800. The largest absolute Gasteiger partial charge is 0.456 e. The van der Waals surface area contributed by atoms with Crippen LogP contribution < -0.4 is 0 Å². The fourth-order valence-electron chi connectivity index (χ4n) is 4.67. The average Bonchev–Trinajstić information content (AvgIpc) is 3.04. The van der Waals surface area contributed by atoms with Crippen molar-refractivity contribution in [2.24, 2.45) is 0 Å². The number of benzene rings is 3. The molecule has 0 N–H and O–H groups in total. The Hall–Kier alpha value is -3.13. The van der Waals surface area contributed by atoms with Gasteiger partial charge in [0.15, 0.2) is 0 Å². The van der Waals surface area contributed by atoms with E-state index in [4.69, 9.17) is 9.40 Å². The van der Waals surface area contributed by atoms with Crippen molar-refractivity contribution >= 4 is 32.7 Å². The number of para-hydroxylation sites is 1. The predicted octanol–water partition coefficient (Wildman–Crippen LogP) is 6.44. The zero-order valence-corrected chi connectivity index (χ0v) is 14.7. The van der Waals surface area contributed by atoms with Gasteiger partial charge in [-0.2, -0.15) is 0 Å². The van der Waals surface area contributed by atoms with Gasteiger partial charge in [0.25, 0.3) is 0 Å². The predicted molar refractivity (Wildman–Crippen MR) is 107 cm³/mol. The normalized spacial score (nSPS) is 14.8. The molecule has 0 saturated carbocycles. The fraction of sp³-hybridized carbons (Fsp3) is 0.125. The van der Waals surface area contributed by atoms with E-state index in [0.717, 1.165) is 16.9 Å². The molecule has 6 rings (SSSR count). The van der Waals surface area contributed by atoms with Gasteiger partial charge in [0.05, 0.1) is 5.69 Å². The second-order valence-corrected chi connectivity index (χ2v) is 7.65. The molecule has 1 aliphatic rings. The van der Waals surface area contributed by atoms with Gasteiger partial charge in [-0.15, -0.1) is 0 Å². The van der Waals surface area contributed by atoms with Crippen molar-refractivity contribution in [1.29, 1.82) is 0 Å². The van der Waals surface area contributed by atoms with Gasteiger partial charge < -0.3 is 4.42 Å². The molecular formula is C24H17NO. The van der Waals surface area contributed by atoms with Gasteiger partial charge in [0.1, 0.15) is 11.2 Å². The summed E-state index contributed by atoms with van der Waals surface area (Å²) in [7, 11) is 0. The maximum absolute atomic E-state index is 6.21. The third kappa shape index (κ3) is 1.55. The van der Waals surface area contributed by atoms with Gasteiger partial charge in [-0.1, -0.05) is 56.3 Å². The van der Waals surface area contributed by atoms with Crippen LogP contribution in [0, 0.1) is 0 Å². The van der Waals surface area contributed by atoms with Crippen LogP contribution in [0.3, 0.4) is 0 Å². The lowest BCUT2D eigenvalue weighted by molar-refractivity contribution is 0.641. The molecule has 2 aromatic heterocycles. The van der Waals surface area contributed by atoms with Crippen molar-refractivity contribution in [1.82, 2.24) is 4.98 Å². The molecule has 0 radical (unpaired) electrons. The molecular weight excluding hydrogens is 318 g/mol. The summed E-state index contributed by atoms with van der Waals surface area (Å²) in [6, 6.07) is 21.4. The van der Waals surface area contributed by atoms with Gasteiger partial charge in [-0.3, -0.25) is 4.98 Å². The maximum atomic E-state index is 6.21. The number of hydrogen-bond donors (Lipinski definition) is 0. The molecule has 3 aromatic carbocycles. The van der Waals surface area contributed by atoms with E-state index in [1.54, 1.807) is 0 Å². The smallest absolute Gasteiger partial charge is 0.136 e. The molecule has 0 amide bonds. The Balaban J connectivity index is 1.93. The highest BCUT2D eigenvalue weighted by molar-refractivity contribution is 6.23. The molecule has 5 aromatic rings. The van der Waals surface area contributed by atoms with Crippen LogP contribution in [0.2, 0.25) is 0 Å². The lowest BCUT2D eigenvalue weighted by Crippen LogP contribution is -2.24. The first kappa shape index (κ1) is 14.1. The van der Waals surface area contributed by atoms with Crippen LogP contribution in [0.15, 0.2) is 71.3 Å². The molecule has 0 atom stereocenters. The lowest BCUT2D eigenvalue weighted by atomic mass is 9.70. The number of aromatic nitrogens is 1. The number of nitrogens with zero attached hydrogens (tertiary/aromatic N) is 1. The van der Waals surface area contributed by atoms with Crippen molar-refractivity contribution in [2.45, 2.75) is 19.3 Å². The van der Waals surface area contributed by atoms with Gasteiger partial charge >= 0.3 is 0 Å². The third-order valence-electron chi connectivity index (χ3n) is 5.91. The standard InChI is InChI=1S/C24H17NO/c1-24(2)17-9-5-8-15-21(17)16(23-18(24)10-6-12-25-23)13-20-22(15)14-7-3-4-11-19(14)26-20/h3-13H,1-2H3. The molecule has 26 heavy (non-hydrogen) atoms. The highest BCUT2D eigenvalue weighted by Gasteiger charge is 2.34. The van der Waals surface area contributed by atoms with Crippen molar-refractivity contribution in [2.75, 3.05) is 0 Å². The van der Waals surface area contributed by atoms with E-state index in [0.29, 0.717) is 0 Å². The number of hydrogen-bond acceptors (Lipinski definition) is 2. The zero-order chi connectivity index (χ0) is 17.5. The van der Waals surface area contributed by atoms with Crippen molar-refractivity contribution in [3.63, 3.8) is 0 Å². The molecule has 124 valence electrons. The van der Waals surface area contributed by atoms with Crippen LogP contribution >= 0.6 is 0 Å². The summed E-state index contributed by atoms with van der Waals surface area (Å²) >= 11 is 0. The third-order valence-corrected chi connectivity index (χ3v) is 5.91. The van der Waals surface area contributed by atoms with E-state index in [-0.39, 0.29) is 5.41 Å². The summed E-state index contributed by atoms with van der Waals surface area (Å²) in [5, 5.41) is 4.94. The first-order chi connectivity index (χ1) is 12.7. The average molecular weight is 335 g/mol. The van der Waals surface area contributed by atoms with Gasteiger partial charge in [0.2, 0.25) is 0 Å². The minimum Gasteiger partial charge on any atom is -0.456 e. The Morgan fingerprint density at radius 2 is 1.58 bits per heavy atom. The summed E-state index contributed by atoms with van der Waals surface area (Å²) in [5.74, 6) is 0. The summed E-state index contributed by atoms with van der Waals surface area (Å²) in [6.45, 7) is 4.59. The Labute approximate surface area is 151 Å². The maximum Gasteiger partial charge on any atom is 0.136 e. The van der Waals surface area contributed by atoms with E-state index >= 15 is 0 Å². The molecule has 0 spiro atoms. The molecule has 0 aliphatic heterocycles. The zero-order valence-electron chi connectivity index (χ0n) is 14.7. The molecule has 2 heteroatoms. The molecule has 0 fully saturated rings. The van der Waals surface area contributed by atoms with Crippen molar-refractivity contribution < 1.29 is 4.42 Å². The van der Waals surface area contributed by atoms with Gasteiger partial charge in [-0.25, -0.2) is 0 Å². The van der Waals surface area contributed by atoms with E-state index in [2.05, 4.69) is 56.3 Å². The van der Waals surface area contributed by atoms with E-state index in [1.165, 1.54) is 38.2 Å². The molecule has 2 heterocycles. The van der Waals surface area contributed by atoms with Crippen LogP contribution in [-0.4, -0.2) is 4.98 Å². The second-order valence-electron chi connectivity index (χ2n) is 7.65. The Kier molecular flexibility index (Phi) is 2.45. The number of furan rings is 1. The van der Waals surface area contributed by atoms with Gasteiger partial charge in [0, 0.05) is 27.9 Å². The van der Waals surface area contributed by atoms with Crippen LogP contribution in [0.25, 0.3) is 44.0 Å². The molecule has 2 nitrogen and oxygen atoms in total. The number of fused-ring (bicyclic) bond motifs is 6. The molecule has 0 saturated heterocycles. The van der Waals surface area contributed by atoms with E-state index in [9.17, 15) is 0 Å². The molecule has 0 bridgehead atoms. The van der Waals surface area contributed by atoms with Gasteiger partial charge in [-0.05, 0) is 40.1 Å². The number of rotatable bonds is 0. The SMILES string of the molecule is CC1(C)c2cccnc2-c2cc3oc4ccccc4c3c3cccc1c23. The van der Waals surface area contributed by atoms with E-state index < -0.39 is 0 Å². The van der Waals surface area contributed by atoms with Crippen LogP contribution in [0.4, 0.5) is 0 Å². The van der Waals surface area contributed by atoms with Crippen molar-refractivity contribution in [3.8, 4) is 11.3 Å². The Bertz CT molecular complexity index is 1360. The fourth-order valence-corrected chi connectivity index (χ4v) is 4.67. The highest BCUT2D eigenvalue weighted by atomic mass is 16.3. The first-order valence-corrected chi connectivity index (χ1v) is 8.99. The minimum absolute atomic E-state index is 0.0800. The number of pyridine rings is 1. The molecule has 1 aliphatic carbocycles. The first-order valence-electron chi connectivity index (χ1n) is 8.99. The summed E-state index contributed by atoms with van der Waals surface area (Å²) < 4.78 is 6.21. The molecule has 0 unspecified atom stereocenters. The topological polar surface area (TPSA) is 26.0 Å². The van der Waals surface area contributed by atoms with Crippen molar-refractivity contribution in [3.05, 3.63) is 78.0 Å². The monoisotopic (exact) mass is 335 g/mol. The lowest BCUT2D eigenvalue weighted by Gasteiger charge is -2.34. The summed E-state index contributed by atoms with van der Waals surface area (Å²) in [4.78, 5) is 4.76. The quantitative estimate of drug-likeness (QED) is 0.325. The van der Waals surface area contributed by atoms with Crippen LogP contribution in [0.5, 0.6) is 0 Å². The summed E-state index contributed by atoms with van der Waals surface area (Å²) in [6.07, 6.45) is 1.89. The second kappa shape index (κ2) is 4.53. The summed E-state index contributed by atoms with van der Waals surface area (Å²) in [5.41, 5.74) is 6.67. The Morgan fingerprint density at radius 1 is 0.769 bits per heavy atom. The highest BCUT2D eigenvalue weighted by Crippen LogP contribution is 2.50. The Morgan fingerprint density at radius 3 is 2.50 bits per heavy atom. The van der Waals surface area contributed by atoms with Crippen LogP contribution in [0.1, 0.15) is 25.0 Å². The van der Waals surface area contributed by atoms with E-state index in [1.807, 2.05) is 24.4 Å². The van der Waals surface area contributed by atoms with Crippen LogP contribution in [-0.2, 0) is 5.41 Å².